The van der Waals surface area contributed by atoms with Crippen LogP contribution in [-0.2, 0) is 31.6 Å². The SMILES string of the molecule is CCCCN(CCCC)CCCC.Nc1ncnc2c1ncn2[C@@H]1O[C@H](COP(=O)(O)OP(=O)(O)OP(=O)(O)O)[C@@H](O)[C@H]1O. The molecule has 1 saturated heterocycles. The van der Waals surface area contributed by atoms with Gasteiger partial charge in [0.2, 0.25) is 0 Å². The second-order valence-electron chi connectivity index (χ2n) is 9.92. The maximum absolute atomic E-state index is 11.8. The molecule has 19 nitrogen and oxygen atoms in total. The fourth-order valence-electron chi connectivity index (χ4n) is 4.10. The monoisotopic (exact) mass is 692 g/mol. The fourth-order valence-corrected chi connectivity index (χ4v) is 7.13. The number of fused-ring (bicyclic) bond motifs is 1. The Bertz CT molecular complexity index is 1290. The van der Waals surface area contributed by atoms with Gasteiger partial charge < -0.3 is 45.2 Å². The van der Waals surface area contributed by atoms with Gasteiger partial charge in [0, 0.05) is 0 Å². The van der Waals surface area contributed by atoms with Gasteiger partial charge in [0.25, 0.3) is 0 Å². The number of hydrogen-bond acceptors (Lipinski definition) is 14. The number of aliphatic hydroxyl groups is 2. The largest absolute Gasteiger partial charge is 0.490 e. The zero-order valence-electron chi connectivity index (χ0n) is 24.7. The summed E-state index contributed by atoms with van der Waals surface area (Å²) in [5.41, 5.74) is 6.00. The van der Waals surface area contributed by atoms with Gasteiger partial charge in [0.15, 0.2) is 17.7 Å². The Morgan fingerprint density at radius 2 is 1.45 bits per heavy atom. The maximum Gasteiger partial charge on any atom is 0.490 e. The number of nitrogens with two attached hydrogens (primary N) is 1. The van der Waals surface area contributed by atoms with Crippen molar-refractivity contribution < 1.29 is 61.4 Å². The summed E-state index contributed by atoms with van der Waals surface area (Å²) in [7, 11) is -16.7. The first kappa shape index (κ1) is 38.8. The minimum absolute atomic E-state index is 0.0426. The van der Waals surface area contributed by atoms with Crippen LogP contribution < -0.4 is 5.73 Å². The zero-order chi connectivity index (χ0) is 33.1. The molecule has 3 heterocycles. The van der Waals surface area contributed by atoms with Gasteiger partial charge in [-0.15, -0.1) is 0 Å². The average Bonchev–Trinajstić information content (AvgIpc) is 3.47. The van der Waals surface area contributed by atoms with Crippen molar-refractivity contribution in [3.8, 4) is 0 Å². The van der Waals surface area contributed by atoms with Crippen molar-refractivity contribution in [1.82, 2.24) is 24.4 Å². The fraction of sp³-hybridized carbons (Fsp3) is 0.773. The second kappa shape index (κ2) is 17.5. The molecule has 2 aromatic rings. The van der Waals surface area contributed by atoms with Crippen molar-refractivity contribution in [1.29, 1.82) is 0 Å². The molecule has 8 N–H and O–H groups in total. The molecular formula is C22H43N6O13P3. The van der Waals surface area contributed by atoms with Crippen LogP contribution in [0.1, 0.15) is 65.5 Å². The van der Waals surface area contributed by atoms with Crippen LogP contribution in [0.4, 0.5) is 5.82 Å². The molecule has 0 aromatic carbocycles. The van der Waals surface area contributed by atoms with E-state index in [4.69, 9.17) is 25.2 Å². The predicted molar refractivity (Wildman–Crippen MR) is 157 cm³/mol. The Morgan fingerprint density at radius 3 is 1.98 bits per heavy atom. The quantitative estimate of drug-likeness (QED) is 0.117. The molecule has 0 spiro atoms. The highest BCUT2D eigenvalue weighted by molar-refractivity contribution is 7.66. The van der Waals surface area contributed by atoms with Crippen LogP contribution in [0.25, 0.3) is 11.2 Å². The number of hydrogen-bond donors (Lipinski definition) is 7. The molecule has 1 aliphatic heterocycles. The van der Waals surface area contributed by atoms with Crippen LogP contribution in [0, 0.1) is 0 Å². The van der Waals surface area contributed by atoms with Crippen LogP contribution in [0.2, 0.25) is 0 Å². The van der Waals surface area contributed by atoms with E-state index in [1.165, 1.54) is 69.1 Å². The molecular weight excluding hydrogens is 649 g/mol. The topological polar surface area (TPSA) is 282 Å². The van der Waals surface area contributed by atoms with Gasteiger partial charge in [-0.25, -0.2) is 28.6 Å². The lowest BCUT2D eigenvalue weighted by Crippen LogP contribution is -2.33. The molecule has 44 heavy (non-hydrogen) atoms. The lowest BCUT2D eigenvalue weighted by atomic mass is 10.1. The van der Waals surface area contributed by atoms with E-state index < -0.39 is 54.6 Å². The highest BCUT2D eigenvalue weighted by Gasteiger charge is 2.47. The van der Waals surface area contributed by atoms with Gasteiger partial charge in [0.05, 0.1) is 12.9 Å². The van der Waals surface area contributed by atoms with Crippen LogP contribution in [0.3, 0.4) is 0 Å². The van der Waals surface area contributed by atoms with Crippen LogP contribution >= 0.6 is 23.5 Å². The molecule has 2 unspecified atom stereocenters. The van der Waals surface area contributed by atoms with E-state index in [0.29, 0.717) is 0 Å². The van der Waals surface area contributed by atoms with Gasteiger partial charge >= 0.3 is 23.5 Å². The van der Waals surface area contributed by atoms with E-state index in [9.17, 15) is 28.8 Å². The minimum atomic E-state index is -5.70. The third-order valence-corrected chi connectivity index (χ3v) is 10.1. The lowest BCUT2D eigenvalue weighted by Gasteiger charge is -2.21. The molecule has 0 radical (unpaired) electrons. The summed E-state index contributed by atoms with van der Waals surface area (Å²) in [5, 5.41) is 20.4. The van der Waals surface area contributed by atoms with E-state index in [0.717, 1.165) is 6.33 Å². The molecule has 2 aromatic heterocycles. The van der Waals surface area contributed by atoms with Gasteiger partial charge in [0.1, 0.15) is 30.2 Å². The van der Waals surface area contributed by atoms with Crippen molar-refractivity contribution in [3.63, 3.8) is 0 Å². The lowest BCUT2D eigenvalue weighted by molar-refractivity contribution is -0.0503. The molecule has 1 fully saturated rings. The molecule has 1 aliphatic rings. The minimum Gasteiger partial charge on any atom is -0.387 e. The number of phosphoric ester groups is 1. The van der Waals surface area contributed by atoms with Crippen LogP contribution in [-0.4, -0.2) is 98.8 Å². The number of aromatic nitrogens is 4. The summed E-state index contributed by atoms with van der Waals surface area (Å²) < 4.78 is 51.9. The van der Waals surface area contributed by atoms with Gasteiger partial charge in [-0.05, 0) is 38.9 Å². The maximum atomic E-state index is 11.8. The van der Waals surface area contributed by atoms with Crippen molar-refractivity contribution in [3.05, 3.63) is 12.7 Å². The Labute approximate surface area is 254 Å². The molecule has 6 atom stereocenters. The van der Waals surface area contributed by atoms with E-state index in [-0.39, 0.29) is 17.0 Å². The van der Waals surface area contributed by atoms with E-state index >= 15 is 0 Å². The summed E-state index contributed by atoms with van der Waals surface area (Å²) in [4.78, 5) is 49.9. The number of anilines is 1. The first-order valence-corrected chi connectivity index (χ1v) is 18.5. The Morgan fingerprint density at radius 1 is 0.886 bits per heavy atom. The van der Waals surface area contributed by atoms with E-state index in [1.54, 1.807) is 0 Å². The standard InChI is InChI=1S/C12H27N.C10H16N5O13P3/c1-4-7-10-13(11-8-5-2)12-9-6-3;11-8-5-9(13-2-12-8)15(3-14-5)10-7(17)6(16)4(26-10)1-25-30(21,22)28-31(23,24)27-29(18,19)20/h4-12H2,1-3H3;2-4,6-7,10,16-17H,1H2,(H,21,22)(H,23,24)(H2,11,12,13)(H2,18,19,20)/t;4-,6-,7-,10-/m.1/s1. The third kappa shape index (κ3) is 12.4. The first-order chi connectivity index (χ1) is 20.5. The third-order valence-electron chi connectivity index (χ3n) is 6.30. The number of unbranched alkanes of at least 4 members (excludes halogenated alkanes) is 3. The molecule has 22 heteroatoms. The van der Waals surface area contributed by atoms with Crippen molar-refractivity contribution >= 4 is 40.4 Å². The number of phosphoric acid groups is 3. The van der Waals surface area contributed by atoms with E-state index in [1.807, 2.05) is 0 Å². The van der Waals surface area contributed by atoms with Crippen LogP contribution in [0.15, 0.2) is 12.7 Å². The highest BCUT2D eigenvalue weighted by Crippen LogP contribution is 2.66. The smallest absolute Gasteiger partial charge is 0.387 e. The second-order valence-corrected chi connectivity index (χ2v) is 14.3. The number of ether oxygens (including phenoxy) is 1. The predicted octanol–water partition coefficient (Wildman–Crippen LogP) is 2.06. The van der Waals surface area contributed by atoms with Crippen molar-refractivity contribution in [2.24, 2.45) is 0 Å². The normalized spacial score (nSPS) is 23.3. The number of imidazole rings is 1. The molecule has 254 valence electrons. The number of aliphatic hydroxyl groups excluding tert-OH is 2. The van der Waals surface area contributed by atoms with Crippen molar-refractivity contribution in [2.45, 2.75) is 83.8 Å². The molecule has 0 aliphatic carbocycles. The average molecular weight is 693 g/mol. The Balaban J connectivity index is 0.000000439. The van der Waals surface area contributed by atoms with Gasteiger partial charge in [-0.2, -0.15) is 8.62 Å². The number of nitrogen functional groups attached to an aromatic ring is 1. The molecule has 3 rings (SSSR count). The Kier molecular flexibility index (Phi) is 15.4. The summed E-state index contributed by atoms with van der Waals surface area (Å²) >= 11 is 0. The summed E-state index contributed by atoms with van der Waals surface area (Å²) in [5.74, 6) is 0.0426. The van der Waals surface area contributed by atoms with Crippen molar-refractivity contribution in [2.75, 3.05) is 32.0 Å². The van der Waals surface area contributed by atoms with Gasteiger partial charge in [-0.3, -0.25) is 9.09 Å². The highest BCUT2D eigenvalue weighted by atomic mass is 31.3. The molecule has 0 bridgehead atoms. The zero-order valence-corrected chi connectivity index (χ0v) is 27.4. The summed E-state index contributed by atoms with van der Waals surface area (Å²) in [6, 6.07) is 0. The van der Waals surface area contributed by atoms with E-state index in [2.05, 4.69) is 53.8 Å². The molecule has 0 amide bonds. The summed E-state index contributed by atoms with van der Waals surface area (Å²) in [6.07, 6.45) is 4.40. The number of rotatable bonds is 17. The molecule has 0 saturated carbocycles. The van der Waals surface area contributed by atoms with Crippen LogP contribution in [0.5, 0.6) is 0 Å². The first-order valence-electron chi connectivity index (χ1n) is 14.0. The number of nitrogens with zero attached hydrogens (tertiary/aromatic N) is 5. The Hall–Kier alpha value is -1.40. The van der Waals surface area contributed by atoms with Gasteiger partial charge in [-0.1, -0.05) is 40.0 Å². The summed E-state index contributed by atoms with van der Waals surface area (Å²) in [6.45, 7) is 9.82.